The van der Waals surface area contributed by atoms with E-state index in [-0.39, 0.29) is 11.3 Å². The van der Waals surface area contributed by atoms with Gasteiger partial charge in [-0.2, -0.15) is 0 Å². The number of hydrogen-bond donors (Lipinski definition) is 1. The third-order valence-corrected chi connectivity index (χ3v) is 4.41. The lowest BCUT2D eigenvalue weighted by Crippen LogP contribution is -2.40. The quantitative estimate of drug-likeness (QED) is 0.664. The SMILES string of the molecule is CCCCCC(NC)C(C)S(C)(=O)=O. The van der Waals surface area contributed by atoms with Gasteiger partial charge in [-0.3, -0.25) is 0 Å². The van der Waals surface area contributed by atoms with Gasteiger partial charge in [-0.25, -0.2) is 8.42 Å². The van der Waals surface area contributed by atoms with Crippen molar-refractivity contribution in [2.75, 3.05) is 13.3 Å². The second-order valence-electron chi connectivity index (χ2n) is 3.93. The van der Waals surface area contributed by atoms with E-state index < -0.39 is 9.84 Å². The second kappa shape index (κ2) is 6.40. The number of unbranched alkanes of at least 4 members (excludes halogenated alkanes) is 2. The van der Waals surface area contributed by atoms with Crippen LogP contribution in [0.15, 0.2) is 0 Å². The van der Waals surface area contributed by atoms with E-state index in [1.54, 1.807) is 6.92 Å². The minimum atomic E-state index is -2.91. The van der Waals surface area contributed by atoms with Crippen LogP contribution in [0.25, 0.3) is 0 Å². The van der Waals surface area contributed by atoms with Crippen LogP contribution in [0.1, 0.15) is 39.5 Å². The summed E-state index contributed by atoms with van der Waals surface area (Å²) in [6, 6.07) is 0.0940. The average molecular weight is 221 g/mol. The Bertz CT molecular complexity index is 237. The van der Waals surface area contributed by atoms with Crippen LogP contribution in [0.4, 0.5) is 0 Å². The zero-order valence-corrected chi connectivity index (χ0v) is 10.5. The van der Waals surface area contributed by atoms with Gasteiger partial charge in [0.1, 0.15) is 0 Å². The van der Waals surface area contributed by atoms with Gasteiger partial charge in [0, 0.05) is 12.3 Å². The van der Waals surface area contributed by atoms with Gasteiger partial charge in [0.05, 0.1) is 5.25 Å². The molecule has 4 heteroatoms. The predicted molar refractivity (Wildman–Crippen MR) is 61.3 cm³/mol. The molecular formula is C10H23NO2S. The molecule has 0 aliphatic carbocycles. The van der Waals surface area contributed by atoms with Gasteiger partial charge in [0.25, 0.3) is 0 Å². The Morgan fingerprint density at radius 1 is 1.29 bits per heavy atom. The van der Waals surface area contributed by atoms with Crippen LogP contribution in [0.3, 0.4) is 0 Å². The molecule has 14 heavy (non-hydrogen) atoms. The Hall–Kier alpha value is -0.0900. The molecule has 0 radical (unpaired) electrons. The van der Waals surface area contributed by atoms with Crippen molar-refractivity contribution in [3.05, 3.63) is 0 Å². The summed E-state index contributed by atoms with van der Waals surface area (Å²) in [7, 11) is -1.08. The topological polar surface area (TPSA) is 46.2 Å². The normalized spacial score (nSPS) is 16.6. The van der Waals surface area contributed by atoms with Gasteiger partial charge >= 0.3 is 0 Å². The number of nitrogens with one attached hydrogen (secondary N) is 1. The summed E-state index contributed by atoms with van der Waals surface area (Å²) < 4.78 is 22.6. The van der Waals surface area contributed by atoms with Crippen LogP contribution in [0, 0.1) is 0 Å². The van der Waals surface area contributed by atoms with Crippen LogP contribution in [0.2, 0.25) is 0 Å². The Balaban J connectivity index is 4.13. The fourth-order valence-electron chi connectivity index (χ4n) is 1.53. The largest absolute Gasteiger partial charge is 0.316 e. The molecule has 0 aromatic carbocycles. The average Bonchev–Trinajstić information content (AvgIpc) is 2.10. The summed E-state index contributed by atoms with van der Waals surface area (Å²) in [5, 5.41) is 2.80. The summed E-state index contributed by atoms with van der Waals surface area (Å²) in [5.41, 5.74) is 0. The molecule has 0 aliphatic rings. The van der Waals surface area contributed by atoms with Crippen molar-refractivity contribution >= 4 is 9.84 Å². The Kier molecular flexibility index (Phi) is 6.36. The van der Waals surface area contributed by atoms with E-state index in [1.165, 1.54) is 19.1 Å². The molecule has 0 amide bonds. The molecule has 0 aromatic heterocycles. The van der Waals surface area contributed by atoms with Crippen molar-refractivity contribution in [1.82, 2.24) is 5.32 Å². The first-order valence-corrected chi connectivity index (χ1v) is 7.25. The summed E-state index contributed by atoms with van der Waals surface area (Å²) in [6.45, 7) is 3.93. The highest BCUT2D eigenvalue weighted by Crippen LogP contribution is 2.11. The highest BCUT2D eigenvalue weighted by molar-refractivity contribution is 7.91. The molecule has 2 unspecified atom stereocenters. The van der Waals surface area contributed by atoms with Crippen LogP contribution in [-0.2, 0) is 9.84 Å². The molecule has 86 valence electrons. The molecule has 0 saturated heterocycles. The molecule has 0 rings (SSSR count). The van der Waals surface area contributed by atoms with Gasteiger partial charge in [0.15, 0.2) is 9.84 Å². The van der Waals surface area contributed by atoms with E-state index in [1.807, 2.05) is 7.05 Å². The standard InChI is InChI=1S/C10H23NO2S/c1-5-6-7-8-10(11-3)9(2)14(4,12)13/h9-11H,5-8H2,1-4H3. The van der Waals surface area contributed by atoms with Crippen LogP contribution in [-0.4, -0.2) is 33.0 Å². The maximum absolute atomic E-state index is 11.3. The summed E-state index contributed by atoms with van der Waals surface area (Å²) in [6.07, 6.45) is 5.70. The molecule has 0 aromatic rings. The monoisotopic (exact) mass is 221 g/mol. The Labute approximate surface area is 88.2 Å². The van der Waals surface area contributed by atoms with E-state index in [4.69, 9.17) is 0 Å². The predicted octanol–water partition coefficient (Wildman–Crippen LogP) is 1.59. The molecule has 0 spiro atoms. The van der Waals surface area contributed by atoms with E-state index >= 15 is 0 Å². The highest BCUT2D eigenvalue weighted by Gasteiger charge is 2.23. The number of sulfone groups is 1. The number of hydrogen-bond acceptors (Lipinski definition) is 3. The summed E-state index contributed by atoms with van der Waals surface area (Å²) in [4.78, 5) is 0. The zero-order valence-electron chi connectivity index (χ0n) is 9.71. The molecule has 0 bridgehead atoms. The molecule has 1 N–H and O–H groups in total. The minimum Gasteiger partial charge on any atom is -0.316 e. The van der Waals surface area contributed by atoms with Crippen LogP contribution in [0.5, 0.6) is 0 Å². The Morgan fingerprint density at radius 3 is 2.21 bits per heavy atom. The van der Waals surface area contributed by atoms with E-state index in [0.717, 1.165) is 12.8 Å². The van der Waals surface area contributed by atoms with Crippen molar-refractivity contribution in [2.24, 2.45) is 0 Å². The first-order chi connectivity index (χ1) is 6.43. The third kappa shape index (κ3) is 4.96. The lowest BCUT2D eigenvalue weighted by atomic mass is 10.1. The minimum absolute atomic E-state index is 0.0940. The molecular weight excluding hydrogens is 198 g/mol. The third-order valence-electron chi connectivity index (χ3n) is 2.73. The van der Waals surface area contributed by atoms with Gasteiger partial charge < -0.3 is 5.32 Å². The molecule has 0 aliphatic heterocycles. The zero-order chi connectivity index (χ0) is 11.2. The first-order valence-electron chi connectivity index (χ1n) is 5.29. The number of rotatable bonds is 7. The molecule has 0 fully saturated rings. The molecule has 0 heterocycles. The van der Waals surface area contributed by atoms with Crippen molar-refractivity contribution in [1.29, 1.82) is 0 Å². The van der Waals surface area contributed by atoms with Crippen molar-refractivity contribution < 1.29 is 8.42 Å². The smallest absolute Gasteiger partial charge is 0.151 e. The lowest BCUT2D eigenvalue weighted by Gasteiger charge is -2.21. The molecule has 2 atom stereocenters. The Morgan fingerprint density at radius 2 is 1.86 bits per heavy atom. The highest BCUT2D eigenvalue weighted by atomic mass is 32.2. The first kappa shape index (κ1) is 13.9. The maximum atomic E-state index is 11.3. The van der Waals surface area contributed by atoms with Crippen molar-refractivity contribution in [3.63, 3.8) is 0 Å². The van der Waals surface area contributed by atoms with E-state index in [2.05, 4.69) is 12.2 Å². The van der Waals surface area contributed by atoms with Gasteiger partial charge in [-0.05, 0) is 20.4 Å². The van der Waals surface area contributed by atoms with Crippen LogP contribution < -0.4 is 5.32 Å². The van der Waals surface area contributed by atoms with Gasteiger partial charge in [0.2, 0.25) is 0 Å². The van der Waals surface area contributed by atoms with Gasteiger partial charge in [-0.1, -0.05) is 26.2 Å². The van der Waals surface area contributed by atoms with Crippen LogP contribution >= 0.6 is 0 Å². The fraction of sp³-hybridized carbons (Fsp3) is 1.00. The molecule has 0 saturated carbocycles. The second-order valence-corrected chi connectivity index (χ2v) is 6.33. The van der Waals surface area contributed by atoms with Gasteiger partial charge in [-0.15, -0.1) is 0 Å². The van der Waals surface area contributed by atoms with Crippen molar-refractivity contribution in [2.45, 2.75) is 50.8 Å². The summed E-state index contributed by atoms with van der Waals surface area (Å²) >= 11 is 0. The lowest BCUT2D eigenvalue weighted by molar-refractivity contribution is 0.470. The summed E-state index contributed by atoms with van der Waals surface area (Å²) in [5.74, 6) is 0. The fourth-order valence-corrected chi connectivity index (χ4v) is 2.40. The maximum Gasteiger partial charge on any atom is 0.151 e. The van der Waals surface area contributed by atoms with Crippen molar-refractivity contribution in [3.8, 4) is 0 Å². The molecule has 3 nitrogen and oxygen atoms in total. The van der Waals surface area contributed by atoms with E-state index in [0.29, 0.717) is 0 Å². The van der Waals surface area contributed by atoms with E-state index in [9.17, 15) is 8.42 Å².